The number of aromatic hydroxyl groups is 1. The highest BCUT2D eigenvalue weighted by Gasteiger charge is 2.33. The van der Waals surface area contributed by atoms with E-state index in [1.807, 2.05) is 12.1 Å². The van der Waals surface area contributed by atoms with Crippen LogP contribution in [0, 0.1) is 5.92 Å². The SMILES string of the molecule is Oc1ccc2c(c1)C[C@@H]1CCCC[C@H]21. The third-order valence-corrected chi connectivity index (χ3v) is 3.92. The van der Waals surface area contributed by atoms with E-state index in [1.54, 1.807) is 0 Å². The summed E-state index contributed by atoms with van der Waals surface area (Å²) in [5.74, 6) is 2.11. The van der Waals surface area contributed by atoms with Crippen LogP contribution in [0.25, 0.3) is 0 Å². The molecular weight excluding hydrogens is 172 g/mol. The first-order chi connectivity index (χ1) is 6.84. The molecule has 1 aromatic rings. The van der Waals surface area contributed by atoms with Crippen LogP contribution < -0.4 is 0 Å². The van der Waals surface area contributed by atoms with E-state index in [0.717, 1.165) is 11.8 Å². The van der Waals surface area contributed by atoms with Crippen molar-refractivity contribution in [2.45, 2.75) is 38.0 Å². The maximum absolute atomic E-state index is 9.43. The van der Waals surface area contributed by atoms with Gasteiger partial charge in [0.1, 0.15) is 5.75 Å². The van der Waals surface area contributed by atoms with Gasteiger partial charge in [-0.25, -0.2) is 0 Å². The van der Waals surface area contributed by atoms with Gasteiger partial charge < -0.3 is 5.11 Å². The zero-order valence-corrected chi connectivity index (χ0v) is 8.37. The Morgan fingerprint density at radius 3 is 2.93 bits per heavy atom. The van der Waals surface area contributed by atoms with Crippen molar-refractivity contribution in [3.8, 4) is 5.75 Å². The summed E-state index contributed by atoms with van der Waals surface area (Å²) in [5.41, 5.74) is 2.93. The van der Waals surface area contributed by atoms with Crippen LogP contribution in [0.2, 0.25) is 0 Å². The average Bonchev–Trinajstić information content (AvgIpc) is 2.54. The molecule has 1 aromatic carbocycles. The molecule has 0 radical (unpaired) electrons. The summed E-state index contributed by atoms with van der Waals surface area (Å²) in [6, 6.07) is 5.95. The summed E-state index contributed by atoms with van der Waals surface area (Å²) in [5, 5.41) is 9.43. The zero-order chi connectivity index (χ0) is 9.54. The van der Waals surface area contributed by atoms with Crippen LogP contribution in [-0.4, -0.2) is 5.11 Å². The molecule has 0 aliphatic heterocycles. The van der Waals surface area contributed by atoms with E-state index in [1.165, 1.54) is 43.2 Å². The quantitative estimate of drug-likeness (QED) is 0.662. The van der Waals surface area contributed by atoms with Gasteiger partial charge in [0.15, 0.2) is 0 Å². The van der Waals surface area contributed by atoms with Crippen molar-refractivity contribution in [2.24, 2.45) is 5.92 Å². The van der Waals surface area contributed by atoms with Gasteiger partial charge >= 0.3 is 0 Å². The standard InChI is InChI=1S/C13H16O/c14-11-5-6-13-10(8-11)7-9-3-1-2-4-12(9)13/h5-6,8-9,12,14H,1-4,7H2/t9-,12-/m0/s1. The van der Waals surface area contributed by atoms with Gasteiger partial charge in [0.05, 0.1) is 0 Å². The summed E-state index contributed by atoms with van der Waals surface area (Å²) in [6.45, 7) is 0. The molecule has 0 saturated heterocycles. The Bertz CT molecular complexity index is 356. The summed E-state index contributed by atoms with van der Waals surface area (Å²) in [4.78, 5) is 0. The molecule has 1 heteroatoms. The summed E-state index contributed by atoms with van der Waals surface area (Å²) >= 11 is 0. The molecule has 2 atom stereocenters. The van der Waals surface area contributed by atoms with E-state index in [2.05, 4.69) is 6.07 Å². The first-order valence-corrected chi connectivity index (χ1v) is 5.66. The van der Waals surface area contributed by atoms with Crippen molar-refractivity contribution in [3.63, 3.8) is 0 Å². The monoisotopic (exact) mass is 188 g/mol. The normalized spacial score (nSPS) is 29.7. The molecule has 1 N–H and O–H groups in total. The Hall–Kier alpha value is -0.980. The lowest BCUT2D eigenvalue weighted by Gasteiger charge is -2.25. The maximum atomic E-state index is 9.43. The Kier molecular flexibility index (Phi) is 1.79. The highest BCUT2D eigenvalue weighted by Crippen LogP contribution is 2.47. The molecule has 0 spiro atoms. The molecule has 0 bridgehead atoms. The molecule has 1 fully saturated rings. The topological polar surface area (TPSA) is 20.2 Å². The highest BCUT2D eigenvalue weighted by molar-refractivity contribution is 5.41. The van der Waals surface area contributed by atoms with E-state index in [9.17, 15) is 5.11 Å². The van der Waals surface area contributed by atoms with Crippen molar-refractivity contribution in [1.82, 2.24) is 0 Å². The zero-order valence-electron chi connectivity index (χ0n) is 8.37. The second-order valence-electron chi connectivity index (χ2n) is 4.74. The van der Waals surface area contributed by atoms with Gasteiger partial charge in [-0.1, -0.05) is 18.9 Å². The lowest BCUT2D eigenvalue weighted by atomic mass is 9.80. The van der Waals surface area contributed by atoms with Gasteiger partial charge in [-0.3, -0.25) is 0 Å². The highest BCUT2D eigenvalue weighted by atomic mass is 16.3. The summed E-state index contributed by atoms with van der Waals surface area (Å²) < 4.78 is 0. The number of phenolic OH excluding ortho intramolecular Hbond substituents is 1. The fraction of sp³-hybridized carbons (Fsp3) is 0.538. The van der Waals surface area contributed by atoms with Gasteiger partial charge in [-0.15, -0.1) is 0 Å². The molecule has 74 valence electrons. The minimum Gasteiger partial charge on any atom is -0.508 e. The molecule has 0 amide bonds. The number of rotatable bonds is 0. The predicted molar refractivity (Wildman–Crippen MR) is 56.5 cm³/mol. The number of hydrogen-bond donors (Lipinski definition) is 1. The Balaban J connectivity index is 2.01. The van der Waals surface area contributed by atoms with Crippen molar-refractivity contribution >= 4 is 0 Å². The van der Waals surface area contributed by atoms with Crippen LogP contribution in [0.4, 0.5) is 0 Å². The van der Waals surface area contributed by atoms with Gasteiger partial charge in [0.2, 0.25) is 0 Å². The molecule has 0 aromatic heterocycles. The third-order valence-electron chi connectivity index (χ3n) is 3.92. The van der Waals surface area contributed by atoms with Crippen LogP contribution in [0.5, 0.6) is 5.75 Å². The van der Waals surface area contributed by atoms with E-state index in [4.69, 9.17) is 0 Å². The van der Waals surface area contributed by atoms with E-state index in [0.29, 0.717) is 5.75 Å². The van der Waals surface area contributed by atoms with Crippen molar-refractivity contribution in [1.29, 1.82) is 0 Å². The average molecular weight is 188 g/mol. The Morgan fingerprint density at radius 1 is 1.14 bits per heavy atom. The largest absolute Gasteiger partial charge is 0.508 e. The van der Waals surface area contributed by atoms with Crippen molar-refractivity contribution < 1.29 is 5.11 Å². The minimum atomic E-state index is 0.433. The third kappa shape index (κ3) is 1.15. The first kappa shape index (κ1) is 8.34. The van der Waals surface area contributed by atoms with Gasteiger partial charge in [0.25, 0.3) is 0 Å². The molecule has 3 rings (SSSR count). The smallest absolute Gasteiger partial charge is 0.115 e. The molecule has 1 saturated carbocycles. The fourth-order valence-electron chi connectivity index (χ4n) is 3.27. The number of phenols is 1. The van der Waals surface area contributed by atoms with Gasteiger partial charge in [-0.2, -0.15) is 0 Å². The minimum absolute atomic E-state index is 0.433. The molecular formula is C13H16O. The maximum Gasteiger partial charge on any atom is 0.115 e. The molecule has 14 heavy (non-hydrogen) atoms. The van der Waals surface area contributed by atoms with E-state index >= 15 is 0 Å². The van der Waals surface area contributed by atoms with Crippen LogP contribution in [0.1, 0.15) is 42.7 Å². The number of hydrogen-bond acceptors (Lipinski definition) is 1. The lowest BCUT2D eigenvalue weighted by Crippen LogP contribution is -2.12. The van der Waals surface area contributed by atoms with Gasteiger partial charge in [0, 0.05) is 0 Å². The predicted octanol–water partition coefficient (Wildman–Crippen LogP) is 3.22. The van der Waals surface area contributed by atoms with Crippen LogP contribution in [0.3, 0.4) is 0 Å². The summed E-state index contributed by atoms with van der Waals surface area (Å²) in [7, 11) is 0. The molecule has 2 aliphatic carbocycles. The molecule has 2 aliphatic rings. The van der Waals surface area contributed by atoms with Gasteiger partial charge in [-0.05, 0) is 54.4 Å². The number of benzene rings is 1. The fourth-order valence-corrected chi connectivity index (χ4v) is 3.27. The Morgan fingerprint density at radius 2 is 2.00 bits per heavy atom. The lowest BCUT2D eigenvalue weighted by molar-refractivity contribution is 0.330. The van der Waals surface area contributed by atoms with Crippen LogP contribution in [0.15, 0.2) is 18.2 Å². The van der Waals surface area contributed by atoms with E-state index in [-0.39, 0.29) is 0 Å². The van der Waals surface area contributed by atoms with Crippen LogP contribution >= 0.6 is 0 Å². The molecule has 1 nitrogen and oxygen atoms in total. The number of fused-ring (bicyclic) bond motifs is 3. The molecule has 0 unspecified atom stereocenters. The van der Waals surface area contributed by atoms with E-state index < -0.39 is 0 Å². The summed E-state index contributed by atoms with van der Waals surface area (Å²) in [6.07, 6.45) is 6.75. The second kappa shape index (κ2) is 3.01. The second-order valence-corrected chi connectivity index (χ2v) is 4.74. The molecule has 0 heterocycles. The van der Waals surface area contributed by atoms with Crippen LogP contribution in [-0.2, 0) is 6.42 Å². The Labute approximate surface area is 84.8 Å². The first-order valence-electron chi connectivity index (χ1n) is 5.66. The van der Waals surface area contributed by atoms with Crippen molar-refractivity contribution in [2.75, 3.05) is 0 Å². The van der Waals surface area contributed by atoms with Crippen molar-refractivity contribution in [3.05, 3.63) is 29.3 Å².